The molecule has 0 saturated heterocycles. The highest BCUT2D eigenvalue weighted by Crippen LogP contribution is 2.04. The van der Waals surface area contributed by atoms with Gasteiger partial charge in [0.15, 0.2) is 0 Å². The van der Waals surface area contributed by atoms with Gasteiger partial charge in [0.05, 0.1) is 5.75 Å². The van der Waals surface area contributed by atoms with Crippen LogP contribution in [0.5, 0.6) is 0 Å². The van der Waals surface area contributed by atoms with E-state index in [0.717, 1.165) is 12.7 Å². The molecule has 2 unspecified atom stereocenters. The monoisotopic (exact) mass is 308 g/mol. The van der Waals surface area contributed by atoms with Crippen molar-refractivity contribution >= 4 is 21.8 Å². The van der Waals surface area contributed by atoms with E-state index in [4.69, 9.17) is 5.11 Å². The highest BCUT2D eigenvalue weighted by atomic mass is 32.2. The molecule has 0 bridgehead atoms. The number of rotatable bonds is 8. The number of nitrogens with one attached hydrogen (secondary N) is 1. The Kier molecular flexibility index (Phi) is 7.55. The zero-order valence-corrected chi connectivity index (χ0v) is 13.2. The number of hydrogen-bond donors (Lipinski definition) is 2. The first-order valence-electron chi connectivity index (χ1n) is 6.49. The molecule has 0 aliphatic carbocycles. The maximum atomic E-state index is 11.8. The molecular formula is C12H24N2O5S. The van der Waals surface area contributed by atoms with Crippen LogP contribution in [0.15, 0.2) is 0 Å². The Bertz CT molecular complexity index is 435. The quantitative estimate of drug-likeness (QED) is 0.682. The van der Waals surface area contributed by atoms with E-state index in [1.807, 2.05) is 13.8 Å². The number of carbonyl (C=O) groups is 2. The van der Waals surface area contributed by atoms with E-state index in [-0.39, 0.29) is 12.2 Å². The van der Waals surface area contributed by atoms with Crippen LogP contribution in [-0.2, 0) is 14.6 Å². The SMILES string of the molecule is CCC(C)CN(C)C(=O)NC(CCS(C)(=O)=O)C(=O)O. The van der Waals surface area contributed by atoms with E-state index in [0.29, 0.717) is 12.5 Å². The molecule has 0 saturated carbocycles. The Hall–Kier alpha value is -1.31. The Labute approximate surface area is 120 Å². The van der Waals surface area contributed by atoms with Gasteiger partial charge in [-0.3, -0.25) is 0 Å². The lowest BCUT2D eigenvalue weighted by Gasteiger charge is -2.23. The summed E-state index contributed by atoms with van der Waals surface area (Å²) in [5.41, 5.74) is 0. The molecule has 0 aliphatic rings. The van der Waals surface area contributed by atoms with Gasteiger partial charge in [-0.25, -0.2) is 18.0 Å². The highest BCUT2D eigenvalue weighted by Gasteiger charge is 2.23. The molecule has 0 aromatic rings. The number of nitrogens with zero attached hydrogens (tertiary/aromatic N) is 1. The van der Waals surface area contributed by atoms with Gasteiger partial charge < -0.3 is 15.3 Å². The molecule has 0 spiro atoms. The maximum absolute atomic E-state index is 11.8. The number of hydrogen-bond acceptors (Lipinski definition) is 4. The first-order valence-corrected chi connectivity index (χ1v) is 8.55. The lowest BCUT2D eigenvalue weighted by Crippen LogP contribution is -2.48. The standard InChI is InChI=1S/C12H24N2O5S/c1-5-9(2)8-14(3)12(17)13-10(11(15)16)6-7-20(4,18)19/h9-10H,5-8H2,1-4H3,(H,13,17)(H,15,16). The van der Waals surface area contributed by atoms with Crippen molar-refractivity contribution in [2.75, 3.05) is 25.6 Å². The van der Waals surface area contributed by atoms with E-state index in [1.54, 1.807) is 7.05 Å². The van der Waals surface area contributed by atoms with Crippen molar-refractivity contribution in [3.63, 3.8) is 0 Å². The molecule has 0 aromatic carbocycles. The summed E-state index contributed by atoms with van der Waals surface area (Å²) in [7, 11) is -1.68. The number of amides is 2. The topological polar surface area (TPSA) is 104 Å². The molecule has 2 atom stereocenters. The zero-order valence-electron chi connectivity index (χ0n) is 12.4. The molecule has 2 N–H and O–H groups in total. The maximum Gasteiger partial charge on any atom is 0.326 e. The number of carbonyl (C=O) groups excluding carboxylic acids is 1. The summed E-state index contributed by atoms with van der Waals surface area (Å²) in [4.78, 5) is 24.3. The second-order valence-corrected chi connectivity index (χ2v) is 7.41. The molecule has 2 amide bonds. The summed E-state index contributed by atoms with van der Waals surface area (Å²) < 4.78 is 22.1. The molecule has 0 aromatic heterocycles. The minimum absolute atomic E-state index is 0.142. The van der Waals surface area contributed by atoms with Crippen LogP contribution in [0.2, 0.25) is 0 Å². The van der Waals surface area contributed by atoms with Crippen LogP contribution in [0.3, 0.4) is 0 Å². The van der Waals surface area contributed by atoms with E-state index < -0.39 is 27.9 Å². The van der Waals surface area contributed by atoms with Crippen LogP contribution in [0, 0.1) is 5.92 Å². The second-order valence-electron chi connectivity index (χ2n) is 5.15. The van der Waals surface area contributed by atoms with Crippen LogP contribution in [0.25, 0.3) is 0 Å². The van der Waals surface area contributed by atoms with E-state index >= 15 is 0 Å². The fraction of sp³-hybridized carbons (Fsp3) is 0.833. The van der Waals surface area contributed by atoms with Gasteiger partial charge in [-0.1, -0.05) is 20.3 Å². The average molecular weight is 308 g/mol. The van der Waals surface area contributed by atoms with Crippen molar-refractivity contribution in [2.24, 2.45) is 5.92 Å². The number of carboxylic acid groups (broad SMARTS) is 1. The fourth-order valence-electron chi connectivity index (χ4n) is 1.53. The third-order valence-corrected chi connectivity index (χ3v) is 3.98. The first kappa shape index (κ1) is 18.7. The van der Waals surface area contributed by atoms with Gasteiger partial charge in [0.2, 0.25) is 0 Å². The van der Waals surface area contributed by atoms with Gasteiger partial charge in [-0.2, -0.15) is 0 Å². The van der Waals surface area contributed by atoms with Gasteiger partial charge in [0.25, 0.3) is 0 Å². The molecule has 0 fully saturated rings. The Morgan fingerprint density at radius 3 is 2.30 bits per heavy atom. The summed E-state index contributed by atoms with van der Waals surface area (Å²) in [6, 6.07) is -1.71. The van der Waals surface area contributed by atoms with Crippen molar-refractivity contribution < 1.29 is 23.1 Å². The first-order chi connectivity index (χ1) is 9.06. The number of carboxylic acids is 1. The van der Waals surface area contributed by atoms with E-state index in [9.17, 15) is 18.0 Å². The van der Waals surface area contributed by atoms with Crippen LogP contribution in [0.1, 0.15) is 26.7 Å². The molecule has 0 rings (SSSR count). The highest BCUT2D eigenvalue weighted by molar-refractivity contribution is 7.90. The summed E-state index contributed by atoms with van der Waals surface area (Å²) >= 11 is 0. The summed E-state index contributed by atoms with van der Waals surface area (Å²) in [5.74, 6) is -1.21. The summed E-state index contributed by atoms with van der Waals surface area (Å²) in [6.45, 7) is 4.51. The third-order valence-electron chi connectivity index (χ3n) is 3.00. The molecule has 7 nitrogen and oxygen atoms in total. The minimum Gasteiger partial charge on any atom is -0.480 e. The largest absolute Gasteiger partial charge is 0.480 e. The van der Waals surface area contributed by atoms with Crippen molar-refractivity contribution in [3.05, 3.63) is 0 Å². The van der Waals surface area contributed by atoms with Crippen molar-refractivity contribution in [1.82, 2.24) is 10.2 Å². The Morgan fingerprint density at radius 2 is 1.90 bits per heavy atom. The zero-order chi connectivity index (χ0) is 15.9. The molecule has 0 radical (unpaired) electrons. The van der Waals surface area contributed by atoms with Crippen LogP contribution < -0.4 is 5.32 Å². The second kappa shape index (κ2) is 8.08. The molecule has 0 heterocycles. The summed E-state index contributed by atoms with van der Waals surface area (Å²) in [6.07, 6.45) is 1.80. The van der Waals surface area contributed by atoms with Crippen LogP contribution in [0.4, 0.5) is 4.79 Å². The third kappa shape index (κ3) is 7.98. The van der Waals surface area contributed by atoms with Gasteiger partial charge in [0.1, 0.15) is 15.9 Å². The average Bonchev–Trinajstić information content (AvgIpc) is 2.32. The molecule has 118 valence electrons. The predicted molar refractivity (Wildman–Crippen MR) is 76.4 cm³/mol. The van der Waals surface area contributed by atoms with Gasteiger partial charge >= 0.3 is 12.0 Å². The number of sulfone groups is 1. The molecule has 8 heteroatoms. The predicted octanol–water partition coefficient (Wildman–Crippen LogP) is 0.562. The van der Waals surface area contributed by atoms with E-state index in [1.165, 1.54) is 4.90 Å². The lowest BCUT2D eigenvalue weighted by atomic mass is 10.1. The molecule has 20 heavy (non-hydrogen) atoms. The van der Waals surface area contributed by atoms with Crippen LogP contribution >= 0.6 is 0 Å². The normalized spacial score (nSPS) is 14.4. The molecule has 0 aliphatic heterocycles. The molecular weight excluding hydrogens is 284 g/mol. The smallest absolute Gasteiger partial charge is 0.326 e. The fourth-order valence-corrected chi connectivity index (χ4v) is 2.19. The minimum atomic E-state index is -3.26. The van der Waals surface area contributed by atoms with Gasteiger partial charge in [0, 0.05) is 19.8 Å². The number of aliphatic carboxylic acids is 1. The van der Waals surface area contributed by atoms with E-state index in [2.05, 4.69) is 5.32 Å². The number of urea groups is 1. The van der Waals surface area contributed by atoms with Gasteiger partial charge in [-0.05, 0) is 12.3 Å². The Balaban J connectivity index is 4.51. The van der Waals surface area contributed by atoms with Crippen molar-refractivity contribution in [1.29, 1.82) is 0 Å². The van der Waals surface area contributed by atoms with Gasteiger partial charge in [-0.15, -0.1) is 0 Å². The van der Waals surface area contributed by atoms with Crippen LogP contribution in [-0.4, -0.2) is 62.1 Å². The van der Waals surface area contributed by atoms with Crippen molar-refractivity contribution in [3.8, 4) is 0 Å². The summed E-state index contributed by atoms with van der Waals surface area (Å²) in [5, 5.41) is 11.3. The van der Waals surface area contributed by atoms with Crippen molar-refractivity contribution in [2.45, 2.75) is 32.7 Å². The Morgan fingerprint density at radius 1 is 1.35 bits per heavy atom. The lowest BCUT2D eigenvalue weighted by molar-refractivity contribution is -0.139.